The quantitative estimate of drug-likeness (QED) is 0.589. The number of rotatable bonds is 3. The summed E-state index contributed by atoms with van der Waals surface area (Å²) < 4.78 is 4.64. The van der Waals surface area contributed by atoms with E-state index in [4.69, 9.17) is 4.84 Å². The summed E-state index contributed by atoms with van der Waals surface area (Å²) in [6, 6.07) is 5.36. The Bertz CT molecular complexity index is 336. The van der Waals surface area contributed by atoms with Crippen molar-refractivity contribution in [2.24, 2.45) is 0 Å². The van der Waals surface area contributed by atoms with Crippen molar-refractivity contribution in [2.45, 2.75) is 6.92 Å². The molecule has 14 heavy (non-hydrogen) atoms. The maximum absolute atomic E-state index is 11.3. The van der Waals surface area contributed by atoms with Gasteiger partial charge in [0, 0.05) is 0 Å². The predicted molar refractivity (Wildman–Crippen MR) is 53.2 cm³/mol. The number of benzene rings is 1. The molecule has 0 aliphatic rings. The van der Waals surface area contributed by atoms with E-state index >= 15 is 0 Å². The molecule has 0 spiro atoms. The van der Waals surface area contributed by atoms with E-state index < -0.39 is 0 Å². The van der Waals surface area contributed by atoms with Crippen molar-refractivity contribution >= 4 is 11.7 Å². The molecule has 0 aromatic heterocycles. The second-order valence-corrected chi connectivity index (χ2v) is 2.80. The van der Waals surface area contributed by atoms with Gasteiger partial charge in [0.25, 0.3) is 0 Å². The van der Waals surface area contributed by atoms with Crippen molar-refractivity contribution in [2.75, 3.05) is 19.7 Å². The molecule has 0 aliphatic heterocycles. The van der Waals surface area contributed by atoms with Crippen molar-refractivity contribution in [3.05, 3.63) is 29.3 Å². The standard InChI is InChI=1S/C10H13NO3/c1-7-5-4-6-8(10(12)13-2)9(7)11-14-3/h4-6,11H,1-3H3. The van der Waals surface area contributed by atoms with Crippen LogP contribution in [0.2, 0.25) is 0 Å². The van der Waals surface area contributed by atoms with Crippen LogP contribution in [0.1, 0.15) is 15.9 Å². The zero-order chi connectivity index (χ0) is 10.6. The summed E-state index contributed by atoms with van der Waals surface area (Å²) in [6.45, 7) is 1.88. The molecule has 0 fully saturated rings. The summed E-state index contributed by atoms with van der Waals surface area (Å²) in [5.74, 6) is -0.381. The lowest BCUT2D eigenvalue weighted by atomic mass is 10.1. The zero-order valence-corrected chi connectivity index (χ0v) is 8.46. The monoisotopic (exact) mass is 195 g/mol. The molecule has 0 bridgehead atoms. The number of aryl methyl sites for hydroxylation is 1. The van der Waals surface area contributed by atoms with Crippen molar-refractivity contribution in [1.29, 1.82) is 0 Å². The van der Waals surface area contributed by atoms with Crippen LogP contribution in [0.25, 0.3) is 0 Å². The first-order chi connectivity index (χ1) is 6.70. The van der Waals surface area contributed by atoms with E-state index in [1.54, 1.807) is 12.1 Å². The first-order valence-electron chi connectivity index (χ1n) is 4.17. The fourth-order valence-corrected chi connectivity index (χ4v) is 1.19. The van der Waals surface area contributed by atoms with Gasteiger partial charge < -0.3 is 4.74 Å². The minimum atomic E-state index is -0.381. The Morgan fingerprint density at radius 2 is 2.07 bits per heavy atom. The van der Waals surface area contributed by atoms with Crippen molar-refractivity contribution < 1.29 is 14.4 Å². The summed E-state index contributed by atoms with van der Waals surface area (Å²) in [5, 5.41) is 0. The third kappa shape index (κ3) is 2.03. The van der Waals surface area contributed by atoms with Gasteiger partial charge in [-0.2, -0.15) is 0 Å². The number of nitrogens with one attached hydrogen (secondary N) is 1. The first-order valence-corrected chi connectivity index (χ1v) is 4.17. The first kappa shape index (κ1) is 10.5. The molecule has 0 atom stereocenters. The van der Waals surface area contributed by atoms with Gasteiger partial charge in [0.1, 0.15) is 0 Å². The molecular weight excluding hydrogens is 182 g/mol. The highest BCUT2D eigenvalue weighted by Crippen LogP contribution is 2.20. The molecule has 4 heteroatoms. The largest absolute Gasteiger partial charge is 0.465 e. The van der Waals surface area contributed by atoms with E-state index in [2.05, 4.69) is 10.2 Å². The average molecular weight is 195 g/mol. The third-order valence-corrected chi connectivity index (χ3v) is 1.88. The lowest BCUT2D eigenvalue weighted by Crippen LogP contribution is -2.08. The van der Waals surface area contributed by atoms with Gasteiger partial charge in [-0.3, -0.25) is 10.3 Å². The maximum atomic E-state index is 11.3. The second kappa shape index (κ2) is 4.62. The van der Waals surface area contributed by atoms with Crippen LogP contribution in [0.15, 0.2) is 18.2 Å². The lowest BCUT2D eigenvalue weighted by Gasteiger charge is -2.11. The van der Waals surface area contributed by atoms with Crippen LogP contribution in [0.5, 0.6) is 0 Å². The van der Waals surface area contributed by atoms with Crippen LogP contribution < -0.4 is 5.48 Å². The van der Waals surface area contributed by atoms with Gasteiger partial charge in [-0.15, -0.1) is 0 Å². The molecule has 0 aliphatic carbocycles. The van der Waals surface area contributed by atoms with E-state index in [1.165, 1.54) is 14.2 Å². The smallest absolute Gasteiger partial charge is 0.340 e. The maximum Gasteiger partial charge on any atom is 0.340 e. The van der Waals surface area contributed by atoms with E-state index in [9.17, 15) is 4.79 Å². The molecule has 76 valence electrons. The summed E-state index contributed by atoms with van der Waals surface area (Å²) in [6.07, 6.45) is 0. The van der Waals surface area contributed by atoms with Gasteiger partial charge in [0.15, 0.2) is 0 Å². The van der Waals surface area contributed by atoms with Crippen LogP contribution in [-0.2, 0) is 9.57 Å². The summed E-state index contributed by atoms with van der Waals surface area (Å²) >= 11 is 0. The minimum Gasteiger partial charge on any atom is -0.465 e. The Kier molecular flexibility index (Phi) is 3.48. The molecule has 0 heterocycles. The Labute approximate surface area is 82.8 Å². The molecule has 0 amide bonds. The highest BCUT2D eigenvalue weighted by Gasteiger charge is 2.12. The topological polar surface area (TPSA) is 47.6 Å². The Hall–Kier alpha value is -1.55. The van der Waals surface area contributed by atoms with Crippen LogP contribution in [0.3, 0.4) is 0 Å². The fraction of sp³-hybridized carbons (Fsp3) is 0.300. The summed E-state index contributed by atoms with van der Waals surface area (Å²) in [5.41, 5.74) is 4.69. The Morgan fingerprint density at radius 1 is 1.36 bits per heavy atom. The average Bonchev–Trinajstić information content (AvgIpc) is 2.20. The van der Waals surface area contributed by atoms with Crippen molar-refractivity contribution in [3.63, 3.8) is 0 Å². The number of anilines is 1. The molecule has 1 N–H and O–H groups in total. The molecule has 1 rings (SSSR count). The summed E-state index contributed by atoms with van der Waals surface area (Å²) in [4.78, 5) is 16.1. The minimum absolute atomic E-state index is 0.381. The van der Waals surface area contributed by atoms with E-state index in [0.717, 1.165) is 5.56 Å². The number of carbonyl (C=O) groups excluding carboxylic acids is 1. The highest BCUT2D eigenvalue weighted by molar-refractivity contribution is 5.96. The molecule has 4 nitrogen and oxygen atoms in total. The van der Waals surface area contributed by atoms with E-state index in [1.807, 2.05) is 13.0 Å². The van der Waals surface area contributed by atoms with E-state index in [0.29, 0.717) is 11.3 Å². The van der Waals surface area contributed by atoms with Gasteiger partial charge in [0.2, 0.25) is 0 Å². The van der Waals surface area contributed by atoms with Crippen LogP contribution in [-0.4, -0.2) is 20.2 Å². The third-order valence-electron chi connectivity index (χ3n) is 1.88. The normalized spacial score (nSPS) is 9.64. The molecule has 0 radical (unpaired) electrons. The summed E-state index contributed by atoms with van der Waals surface area (Å²) in [7, 11) is 2.84. The molecule has 0 saturated carbocycles. The molecule has 1 aromatic carbocycles. The highest BCUT2D eigenvalue weighted by atomic mass is 16.6. The number of esters is 1. The van der Waals surface area contributed by atoms with Gasteiger partial charge in [-0.25, -0.2) is 4.79 Å². The molecule has 0 saturated heterocycles. The zero-order valence-electron chi connectivity index (χ0n) is 8.46. The predicted octanol–water partition coefficient (Wildman–Crippen LogP) is 1.75. The second-order valence-electron chi connectivity index (χ2n) is 2.80. The van der Waals surface area contributed by atoms with Gasteiger partial charge in [-0.05, 0) is 18.6 Å². The number of methoxy groups -OCH3 is 1. The molecule has 0 unspecified atom stereocenters. The van der Waals surface area contributed by atoms with Crippen LogP contribution in [0, 0.1) is 6.92 Å². The number of carbonyl (C=O) groups is 1. The van der Waals surface area contributed by atoms with Crippen molar-refractivity contribution in [1.82, 2.24) is 0 Å². The SMILES string of the molecule is CONc1c(C)cccc1C(=O)OC. The molecule has 1 aromatic rings. The van der Waals surface area contributed by atoms with Crippen LogP contribution >= 0.6 is 0 Å². The number of para-hydroxylation sites is 1. The lowest BCUT2D eigenvalue weighted by molar-refractivity contribution is 0.0600. The van der Waals surface area contributed by atoms with E-state index in [-0.39, 0.29) is 5.97 Å². The van der Waals surface area contributed by atoms with Gasteiger partial charge in [0.05, 0.1) is 25.5 Å². The number of hydrogen-bond acceptors (Lipinski definition) is 4. The Balaban J connectivity index is 3.13. The number of ether oxygens (including phenoxy) is 1. The van der Waals surface area contributed by atoms with Gasteiger partial charge in [-0.1, -0.05) is 12.1 Å². The Morgan fingerprint density at radius 3 is 2.64 bits per heavy atom. The molecular formula is C10H13NO3. The fourth-order valence-electron chi connectivity index (χ4n) is 1.19. The van der Waals surface area contributed by atoms with Gasteiger partial charge >= 0.3 is 5.97 Å². The van der Waals surface area contributed by atoms with Crippen LogP contribution in [0.4, 0.5) is 5.69 Å². The number of hydrogen-bond donors (Lipinski definition) is 1. The van der Waals surface area contributed by atoms with Crippen molar-refractivity contribution in [3.8, 4) is 0 Å².